The van der Waals surface area contributed by atoms with Crippen molar-refractivity contribution in [1.82, 2.24) is 0 Å². The van der Waals surface area contributed by atoms with Crippen LogP contribution in [0.4, 0.5) is 0 Å². The van der Waals surface area contributed by atoms with Crippen LogP contribution in [-0.4, -0.2) is 42.8 Å². The van der Waals surface area contributed by atoms with Gasteiger partial charge in [0.2, 0.25) is 0 Å². The van der Waals surface area contributed by atoms with Gasteiger partial charge in [0.25, 0.3) is 0 Å². The average Bonchev–Trinajstić information content (AvgIpc) is 2.66. The number of esters is 1. The highest BCUT2D eigenvalue weighted by Crippen LogP contribution is 2.13. The fourth-order valence-electron chi connectivity index (χ4n) is 1.65. The van der Waals surface area contributed by atoms with Crippen LogP contribution in [0.3, 0.4) is 0 Å². The molecule has 0 bridgehead atoms. The van der Waals surface area contributed by atoms with E-state index in [0.717, 1.165) is 6.42 Å². The van der Waals surface area contributed by atoms with Gasteiger partial charge in [-0.15, -0.1) is 0 Å². The molecule has 1 fully saturated rings. The summed E-state index contributed by atoms with van der Waals surface area (Å²) in [7, 11) is 0. The third-order valence-electron chi connectivity index (χ3n) is 2.48. The van der Waals surface area contributed by atoms with Gasteiger partial charge in [0.1, 0.15) is 18.1 Å². The van der Waals surface area contributed by atoms with Crippen molar-refractivity contribution in [2.45, 2.75) is 58.3 Å². The molecule has 0 aliphatic carbocycles. The summed E-state index contributed by atoms with van der Waals surface area (Å²) in [5.74, 6) is -0.762. The molecule has 18 heavy (non-hydrogen) atoms. The van der Waals surface area contributed by atoms with Gasteiger partial charge in [0, 0.05) is 6.61 Å². The number of hydrogen-bond donors (Lipinski definition) is 0. The number of carbonyl (C=O) groups is 2. The van der Waals surface area contributed by atoms with Crippen molar-refractivity contribution in [3.05, 3.63) is 0 Å². The minimum absolute atomic E-state index is 0.0393. The van der Waals surface area contributed by atoms with Crippen LogP contribution >= 0.6 is 0 Å². The normalized spacial score (nSPS) is 21.7. The lowest BCUT2D eigenvalue weighted by Crippen LogP contribution is -2.31. The molecule has 1 heterocycles. The zero-order chi connectivity index (χ0) is 13.8. The van der Waals surface area contributed by atoms with Crippen molar-refractivity contribution in [2.75, 3.05) is 13.2 Å². The lowest BCUT2D eigenvalue weighted by atomic mass is 10.1. The van der Waals surface area contributed by atoms with Gasteiger partial charge in [-0.2, -0.15) is 0 Å². The Morgan fingerprint density at radius 3 is 2.56 bits per heavy atom. The molecule has 0 radical (unpaired) electrons. The van der Waals surface area contributed by atoms with E-state index < -0.39 is 17.7 Å². The molecule has 0 saturated carbocycles. The molecule has 104 valence electrons. The van der Waals surface area contributed by atoms with E-state index in [1.807, 2.05) is 0 Å². The van der Waals surface area contributed by atoms with Crippen molar-refractivity contribution in [3.63, 3.8) is 0 Å². The maximum absolute atomic E-state index is 11.8. The first-order valence-electron chi connectivity index (χ1n) is 6.25. The van der Waals surface area contributed by atoms with Gasteiger partial charge in [-0.1, -0.05) is 0 Å². The third kappa shape index (κ3) is 5.60. The standard InChI is InChI=1S/C13H22O5/c1-9(17-10-5-6-16-8-10)11(14)7-12(15)18-13(2,3)4/h9-10H,5-8H2,1-4H3/t9-,10+/m0/s1. The van der Waals surface area contributed by atoms with Crippen molar-refractivity contribution in [2.24, 2.45) is 0 Å². The Morgan fingerprint density at radius 1 is 1.39 bits per heavy atom. The summed E-state index contributed by atoms with van der Waals surface area (Å²) in [4.78, 5) is 23.2. The Bertz CT molecular complexity index is 299. The van der Waals surface area contributed by atoms with Crippen molar-refractivity contribution in [1.29, 1.82) is 0 Å². The van der Waals surface area contributed by atoms with E-state index in [2.05, 4.69) is 0 Å². The van der Waals surface area contributed by atoms with Gasteiger partial charge in [-0.05, 0) is 34.1 Å². The van der Waals surface area contributed by atoms with Crippen LogP contribution in [0.2, 0.25) is 0 Å². The number of ether oxygens (including phenoxy) is 3. The summed E-state index contributed by atoms with van der Waals surface area (Å²) in [5, 5.41) is 0. The lowest BCUT2D eigenvalue weighted by molar-refractivity contribution is -0.158. The second-order valence-corrected chi connectivity index (χ2v) is 5.49. The van der Waals surface area contributed by atoms with Crippen LogP contribution in [0, 0.1) is 0 Å². The molecule has 2 atom stereocenters. The molecule has 0 aromatic rings. The molecule has 0 aromatic carbocycles. The highest BCUT2D eigenvalue weighted by atomic mass is 16.6. The van der Waals surface area contributed by atoms with Crippen LogP contribution in [0.15, 0.2) is 0 Å². The molecule has 0 spiro atoms. The first kappa shape index (κ1) is 15.1. The summed E-state index contributed by atoms with van der Waals surface area (Å²) in [5.41, 5.74) is -0.569. The number of ketones is 1. The zero-order valence-electron chi connectivity index (χ0n) is 11.5. The fourth-order valence-corrected chi connectivity index (χ4v) is 1.65. The van der Waals surface area contributed by atoms with Gasteiger partial charge in [0.15, 0.2) is 5.78 Å². The minimum atomic E-state index is -0.593. The SMILES string of the molecule is C[C@H](O[C@@H]1CCOC1)C(=O)CC(=O)OC(C)(C)C. The Balaban J connectivity index is 2.32. The van der Waals surface area contributed by atoms with Crippen molar-refractivity contribution < 1.29 is 23.8 Å². The Hall–Kier alpha value is -0.940. The second-order valence-electron chi connectivity index (χ2n) is 5.49. The highest BCUT2D eigenvalue weighted by Gasteiger charge is 2.26. The second kappa shape index (κ2) is 6.29. The molecular formula is C13H22O5. The van der Waals surface area contributed by atoms with E-state index in [1.54, 1.807) is 27.7 Å². The molecule has 1 aliphatic heterocycles. The molecule has 1 rings (SSSR count). The Kier molecular flexibility index (Phi) is 5.28. The molecule has 1 aliphatic rings. The first-order valence-corrected chi connectivity index (χ1v) is 6.25. The Labute approximate surface area is 108 Å². The van der Waals surface area contributed by atoms with Gasteiger partial charge >= 0.3 is 5.97 Å². The quantitative estimate of drug-likeness (QED) is 0.552. The molecule has 1 saturated heterocycles. The predicted octanol–water partition coefficient (Wildman–Crippen LogP) is 1.48. The minimum Gasteiger partial charge on any atom is -0.460 e. The molecule has 0 aromatic heterocycles. The summed E-state index contributed by atoms with van der Waals surface area (Å²) in [6, 6.07) is 0. The lowest BCUT2D eigenvalue weighted by Gasteiger charge is -2.20. The average molecular weight is 258 g/mol. The summed E-state index contributed by atoms with van der Waals surface area (Å²) < 4.78 is 15.8. The molecule has 5 nitrogen and oxygen atoms in total. The van der Waals surface area contributed by atoms with Crippen LogP contribution in [0.5, 0.6) is 0 Å². The maximum Gasteiger partial charge on any atom is 0.313 e. The topological polar surface area (TPSA) is 61.8 Å². The fraction of sp³-hybridized carbons (Fsp3) is 0.846. The van der Waals surface area contributed by atoms with E-state index in [1.165, 1.54) is 0 Å². The van der Waals surface area contributed by atoms with Crippen LogP contribution in [0.25, 0.3) is 0 Å². The van der Waals surface area contributed by atoms with E-state index in [-0.39, 0.29) is 18.3 Å². The summed E-state index contributed by atoms with van der Waals surface area (Å²) >= 11 is 0. The van der Waals surface area contributed by atoms with Crippen LogP contribution in [0.1, 0.15) is 40.5 Å². The smallest absolute Gasteiger partial charge is 0.313 e. The summed E-state index contributed by atoms with van der Waals surface area (Å²) in [6.45, 7) is 8.15. The predicted molar refractivity (Wildman–Crippen MR) is 65.2 cm³/mol. The van der Waals surface area contributed by atoms with E-state index in [9.17, 15) is 9.59 Å². The van der Waals surface area contributed by atoms with E-state index in [4.69, 9.17) is 14.2 Å². The van der Waals surface area contributed by atoms with Gasteiger partial charge in [0.05, 0.1) is 12.7 Å². The zero-order valence-corrected chi connectivity index (χ0v) is 11.5. The summed E-state index contributed by atoms with van der Waals surface area (Å²) in [6.07, 6.45) is -0.0809. The van der Waals surface area contributed by atoms with Crippen LogP contribution in [-0.2, 0) is 23.8 Å². The van der Waals surface area contributed by atoms with Crippen molar-refractivity contribution >= 4 is 11.8 Å². The maximum atomic E-state index is 11.8. The van der Waals surface area contributed by atoms with E-state index in [0.29, 0.717) is 13.2 Å². The highest BCUT2D eigenvalue weighted by molar-refractivity contribution is 5.97. The van der Waals surface area contributed by atoms with E-state index >= 15 is 0 Å². The van der Waals surface area contributed by atoms with Gasteiger partial charge < -0.3 is 14.2 Å². The molecular weight excluding hydrogens is 236 g/mol. The molecule has 0 N–H and O–H groups in total. The van der Waals surface area contributed by atoms with Gasteiger partial charge in [-0.25, -0.2) is 0 Å². The number of carbonyl (C=O) groups excluding carboxylic acids is 2. The first-order chi connectivity index (χ1) is 8.28. The van der Waals surface area contributed by atoms with Crippen molar-refractivity contribution in [3.8, 4) is 0 Å². The monoisotopic (exact) mass is 258 g/mol. The molecule has 0 unspecified atom stereocenters. The number of hydrogen-bond acceptors (Lipinski definition) is 5. The van der Waals surface area contributed by atoms with Gasteiger partial charge in [-0.3, -0.25) is 9.59 Å². The molecule has 0 amide bonds. The third-order valence-corrected chi connectivity index (χ3v) is 2.48. The van der Waals surface area contributed by atoms with Crippen LogP contribution < -0.4 is 0 Å². The number of rotatable bonds is 5. The Morgan fingerprint density at radius 2 is 2.06 bits per heavy atom. The number of Topliss-reactive ketones (excluding diaryl/α,β-unsaturated/α-hetero) is 1. The molecule has 5 heteroatoms. The largest absolute Gasteiger partial charge is 0.460 e.